The number of benzene rings is 1. The third kappa shape index (κ3) is 2.60. The minimum Gasteiger partial charge on any atom is -0.364 e. The fourth-order valence-electron chi connectivity index (χ4n) is 1.66. The molecular formula is C14H16N2. The van der Waals surface area contributed by atoms with Crippen LogP contribution in [0.4, 0.5) is 5.82 Å². The van der Waals surface area contributed by atoms with Crippen LogP contribution in [-0.4, -0.2) is 4.98 Å². The molecular weight excluding hydrogens is 196 g/mol. The summed E-state index contributed by atoms with van der Waals surface area (Å²) >= 11 is 0. The molecule has 0 aliphatic rings. The molecule has 0 amide bonds. The summed E-state index contributed by atoms with van der Waals surface area (Å²) in [4.78, 5) is 4.29. The van der Waals surface area contributed by atoms with Gasteiger partial charge in [-0.05, 0) is 37.1 Å². The van der Waals surface area contributed by atoms with Crippen molar-refractivity contribution in [3.8, 4) is 0 Å². The first-order valence-corrected chi connectivity index (χ1v) is 5.50. The molecule has 0 fully saturated rings. The zero-order valence-corrected chi connectivity index (χ0v) is 9.64. The Morgan fingerprint density at radius 1 is 1.12 bits per heavy atom. The summed E-state index contributed by atoms with van der Waals surface area (Å²) in [5.41, 5.74) is 2.49. The van der Waals surface area contributed by atoms with Gasteiger partial charge in [0.1, 0.15) is 5.82 Å². The van der Waals surface area contributed by atoms with Gasteiger partial charge >= 0.3 is 0 Å². The Morgan fingerprint density at radius 2 is 1.88 bits per heavy atom. The molecule has 0 radical (unpaired) electrons. The standard InChI is InChI=1S/C14H16N2/c1-11-8-9-15-14(10-11)16-12(2)13-6-4-3-5-7-13/h3-10,12H,1-2H3,(H,15,16)/t12-/m1/s1. The highest BCUT2D eigenvalue weighted by atomic mass is 15.0. The predicted molar refractivity (Wildman–Crippen MR) is 67.5 cm³/mol. The largest absolute Gasteiger partial charge is 0.364 e. The highest BCUT2D eigenvalue weighted by Gasteiger charge is 2.04. The Morgan fingerprint density at radius 3 is 2.56 bits per heavy atom. The van der Waals surface area contributed by atoms with E-state index in [0.717, 1.165) is 5.82 Å². The van der Waals surface area contributed by atoms with E-state index in [1.807, 2.05) is 18.3 Å². The number of aryl methyl sites for hydroxylation is 1. The van der Waals surface area contributed by atoms with Crippen LogP contribution < -0.4 is 5.32 Å². The lowest BCUT2D eigenvalue weighted by Crippen LogP contribution is -2.07. The lowest BCUT2D eigenvalue weighted by Gasteiger charge is -2.14. The number of hydrogen-bond donors (Lipinski definition) is 1. The maximum Gasteiger partial charge on any atom is 0.126 e. The zero-order valence-electron chi connectivity index (χ0n) is 9.64. The third-order valence-electron chi connectivity index (χ3n) is 2.58. The molecule has 1 N–H and O–H groups in total. The van der Waals surface area contributed by atoms with E-state index in [2.05, 4.69) is 54.5 Å². The molecule has 1 heterocycles. The van der Waals surface area contributed by atoms with E-state index in [-0.39, 0.29) is 6.04 Å². The topological polar surface area (TPSA) is 24.9 Å². The number of nitrogens with one attached hydrogen (secondary N) is 1. The van der Waals surface area contributed by atoms with Gasteiger partial charge in [0.05, 0.1) is 0 Å². The van der Waals surface area contributed by atoms with E-state index in [0.29, 0.717) is 0 Å². The lowest BCUT2D eigenvalue weighted by atomic mass is 10.1. The van der Waals surface area contributed by atoms with Crippen LogP contribution in [0.3, 0.4) is 0 Å². The second-order valence-corrected chi connectivity index (χ2v) is 4.00. The molecule has 0 unspecified atom stereocenters. The first kappa shape index (κ1) is 10.7. The number of aromatic nitrogens is 1. The molecule has 0 spiro atoms. The van der Waals surface area contributed by atoms with Gasteiger partial charge in [-0.15, -0.1) is 0 Å². The van der Waals surface area contributed by atoms with E-state index in [9.17, 15) is 0 Å². The molecule has 2 nitrogen and oxygen atoms in total. The van der Waals surface area contributed by atoms with E-state index in [4.69, 9.17) is 0 Å². The molecule has 0 aliphatic heterocycles. The van der Waals surface area contributed by atoms with Gasteiger partial charge in [-0.25, -0.2) is 4.98 Å². The van der Waals surface area contributed by atoms with Gasteiger partial charge < -0.3 is 5.32 Å². The van der Waals surface area contributed by atoms with Crippen LogP contribution in [0.2, 0.25) is 0 Å². The first-order valence-electron chi connectivity index (χ1n) is 5.50. The van der Waals surface area contributed by atoms with Crippen LogP contribution in [0.5, 0.6) is 0 Å². The van der Waals surface area contributed by atoms with Gasteiger partial charge in [0.25, 0.3) is 0 Å². The van der Waals surface area contributed by atoms with Crippen molar-refractivity contribution in [3.63, 3.8) is 0 Å². The van der Waals surface area contributed by atoms with Crippen LogP contribution in [0.1, 0.15) is 24.1 Å². The molecule has 0 saturated heterocycles. The Kier molecular flexibility index (Phi) is 3.20. The summed E-state index contributed by atoms with van der Waals surface area (Å²) in [6.45, 7) is 4.21. The van der Waals surface area contributed by atoms with E-state index >= 15 is 0 Å². The highest BCUT2D eigenvalue weighted by Crippen LogP contribution is 2.17. The summed E-state index contributed by atoms with van der Waals surface area (Å²) in [6.07, 6.45) is 1.83. The fraction of sp³-hybridized carbons (Fsp3) is 0.214. The molecule has 1 atom stereocenters. The Balaban J connectivity index is 2.11. The summed E-state index contributed by atoms with van der Waals surface area (Å²) in [5.74, 6) is 0.927. The minimum absolute atomic E-state index is 0.274. The molecule has 2 rings (SSSR count). The van der Waals surface area contributed by atoms with Crippen molar-refractivity contribution >= 4 is 5.82 Å². The van der Waals surface area contributed by atoms with Crippen LogP contribution in [0.15, 0.2) is 48.7 Å². The molecule has 2 aromatic rings. The van der Waals surface area contributed by atoms with Crippen molar-refractivity contribution in [2.24, 2.45) is 0 Å². The van der Waals surface area contributed by atoms with Crippen molar-refractivity contribution in [2.75, 3.05) is 5.32 Å². The molecule has 0 saturated carbocycles. The highest BCUT2D eigenvalue weighted by molar-refractivity contribution is 5.40. The van der Waals surface area contributed by atoms with Crippen molar-refractivity contribution in [2.45, 2.75) is 19.9 Å². The summed E-state index contributed by atoms with van der Waals surface area (Å²) in [7, 11) is 0. The lowest BCUT2D eigenvalue weighted by molar-refractivity contribution is 0.874. The monoisotopic (exact) mass is 212 g/mol. The van der Waals surface area contributed by atoms with E-state index in [1.54, 1.807) is 0 Å². The van der Waals surface area contributed by atoms with Crippen LogP contribution in [0, 0.1) is 6.92 Å². The second-order valence-electron chi connectivity index (χ2n) is 4.00. The summed E-state index contributed by atoms with van der Waals surface area (Å²) < 4.78 is 0. The Labute approximate surface area is 96.4 Å². The number of nitrogens with zero attached hydrogens (tertiary/aromatic N) is 1. The van der Waals surface area contributed by atoms with Crippen molar-refractivity contribution in [3.05, 3.63) is 59.8 Å². The third-order valence-corrected chi connectivity index (χ3v) is 2.58. The van der Waals surface area contributed by atoms with Crippen LogP contribution in [0.25, 0.3) is 0 Å². The Hall–Kier alpha value is -1.83. The number of hydrogen-bond acceptors (Lipinski definition) is 2. The SMILES string of the molecule is Cc1ccnc(N[C@H](C)c2ccccc2)c1. The second kappa shape index (κ2) is 4.79. The molecule has 2 heteroatoms. The molecule has 16 heavy (non-hydrogen) atoms. The first-order chi connectivity index (χ1) is 7.75. The maximum atomic E-state index is 4.29. The van der Waals surface area contributed by atoms with Gasteiger partial charge in [-0.1, -0.05) is 30.3 Å². The van der Waals surface area contributed by atoms with Crippen LogP contribution in [-0.2, 0) is 0 Å². The molecule has 1 aromatic carbocycles. The maximum absolute atomic E-state index is 4.29. The fourth-order valence-corrected chi connectivity index (χ4v) is 1.66. The summed E-state index contributed by atoms with van der Waals surface area (Å²) in [5, 5.41) is 3.39. The average molecular weight is 212 g/mol. The van der Waals surface area contributed by atoms with Gasteiger partial charge in [0.2, 0.25) is 0 Å². The predicted octanol–water partition coefficient (Wildman–Crippen LogP) is 3.56. The van der Waals surface area contributed by atoms with Crippen molar-refractivity contribution < 1.29 is 0 Å². The molecule has 0 aliphatic carbocycles. The quantitative estimate of drug-likeness (QED) is 0.841. The van der Waals surface area contributed by atoms with Crippen LogP contribution >= 0.6 is 0 Å². The Bertz CT molecular complexity index is 451. The van der Waals surface area contributed by atoms with Gasteiger partial charge in [-0.3, -0.25) is 0 Å². The number of anilines is 1. The van der Waals surface area contributed by atoms with Crippen molar-refractivity contribution in [1.29, 1.82) is 0 Å². The number of rotatable bonds is 3. The van der Waals surface area contributed by atoms with Crippen molar-refractivity contribution in [1.82, 2.24) is 4.98 Å². The molecule has 0 bridgehead atoms. The summed E-state index contributed by atoms with van der Waals surface area (Å²) in [6, 6.07) is 14.7. The average Bonchev–Trinajstić information content (AvgIpc) is 2.30. The minimum atomic E-state index is 0.274. The molecule has 82 valence electrons. The van der Waals surface area contributed by atoms with E-state index in [1.165, 1.54) is 11.1 Å². The van der Waals surface area contributed by atoms with Gasteiger partial charge in [0, 0.05) is 12.2 Å². The molecule has 1 aromatic heterocycles. The smallest absolute Gasteiger partial charge is 0.126 e. The number of pyridine rings is 1. The van der Waals surface area contributed by atoms with Gasteiger partial charge in [0.15, 0.2) is 0 Å². The zero-order chi connectivity index (χ0) is 11.4. The van der Waals surface area contributed by atoms with E-state index < -0.39 is 0 Å². The normalized spacial score (nSPS) is 12.1. The van der Waals surface area contributed by atoms with Gasteiger partial charge in [-0.2, -0.15) is 0 Å².